The normalized spacial score (nSPS) is 49.2. The Labute approximate surface area is 59.3 Å². The van der Waals surface area contributed by atoms with Gasteiger partial charge in [-0.1, -0.05) is 0 Å². The Bertz CT molecular complexity index is 106. The second-order valence-electron chi connectivity index (χ2n) is 2.79. The Hall–Kier alpha value is -0.160. The molecular weight excluding hydrogens is 134 g/mol. The van der Waals surface area contributed by atoms with Gasteiger partial charge in [-0.15, -0.1) is 0 Å². The molecule has 60 valence electrons. The van der Waals surface area contributed by atoms with Crippen LogP contribution in [0.25, 0.3) is 0 Å². The number of rotatable bonds is 0. The first-order chi connectivity index (χ1) is 4.63. The van der Waals surface area contributed by atoms with Crippen molar-refractivity contribution >= 4 is 0 Å². The van der Waals surface area contributed by atoms with E-state index in [9.17, 15) is 0 Å². The molecule has 1 aliphatic carbocycles. The van der Waals surface area contributed by atoms with Crippen LogP contribution in [0.4, 0.5) is 0 Å². The highest BCUT2D eigenvalue weighted by Crippen LogP contribution is 2.17. The van der Waals surface area contributed by atoms with Gasteiger partial charge in [0.05, 0.1) is 12.2 Å². The molecule has 0 radical (unpaired) electrons. The summed E-state index contributed by atoms with van der Waals surface area (Å²) in [6.45, 7) is 0. The molecule has 10 heavy (non-hydrogen) atoms. The zero-order valence-electron chi connectivity index (χ0n) is 5.64. The topological polar surface area (TPSA) is 86.7 Å². The second kappa shape index (κ2) is 2.84. The van der Waals surface area contributed by atoms with Crippen LogP contribution in [-0.4, -0.2) is 39.7 Å². The van der Waals surface area contributed by atoms with E-state index in [-0.39, 0.29) is 0 Å². The van der Waals surface area contributed by atoms with Crippen molar-refractivity contribution in [1.82, 2.24) is 0 Å². The maximum atomic E-state index is 9.08. The Morgan fingerprint density at radius 2 is 1.60 bits per heavy atom. The molecule has 4 heteroatoms. The van der Waals surface area contributed by atoms with Crippen LogP contribution in [0.1, 0.15) is 12.8 Å². The maximum Gasteiger partial charge on any atom is 0.107 e. The molecule has 1 rings (SSSR count). The summed E-state index contributed by atoms with van der Waals surface area (Å²) in [7, 11) is 0. The number of hydrogen-bond acceptors (Lipinski definition) is 4. The predicted molar refractivity (Wildman–Crippen MR) is 35.2 cm³/mol. The monoisotopic (exact) mass is 147 g/mol. The lowest BCUT2D eigenvalue weighted by atomic mass is 9.88. The van der Waals surface area contributed by atoms with Crippen LogP contribution in [0.15, 0.2) is 0 Å². The molecule has 1 saturated carbocycles. The molecule has 4 atom stereocenters. The van der Waals surface area contributed by atoms with Gasteiger partial charge in [0.15, 0.2) is 0 Å². The predicted octanol–water partition coefficient (Wildman–Crippen LogP) is -1.81. The molecule has 0 aromatic heterocycles. The van der Waals surface area contributed by atoms with E-state index in [1.165, 1.54) is 0 Å². The van der Waals surface area contributed by atoms with E-state index >= 15 is 0 Å². The molecule has 0 aliphatic heterocycles. The van der Waals surface area contributed by atoms with Crippen molar-refractivity contribution in [1.29, 1.82) is 0 Å². The van der Waals surface area contributed by atoms with Gasteiger partial charge in [0.1, 0.15) is 6.10 Å². The Morgan fingerprint density at radius 3 is 2.10 bits per heavy atom. The minimum Gasteiger partial charge on any atom is -0.390 e. The largest absolute Gasteiger partial charge is 0.390 e. The summed E-state index contributed by atoms with van der Waals surface area (Å²) < 4.78 is 0. The molecule has 0 aromatic rings. The number of hydrogen-bond donors (Lipinski definition) is 4. The summed E-state index contributed by atoms with van der Waals surface area (Å²) >= 11 is 0. The van der Waals surface area contributed by atoms with Crippen LogP contribution in [0, 0.1) is 0 Å². The van der Waals surface area contributed by atoms with Crippen molar-refractivity contribution in [2.24, 2.45) is 5.73 Å². The molecule has 0 saturated heterocycles. The summed E-state index contributed by atoms with van der Waals surface area (Å²) in [6, 6.07) is -0.390. The van der Waals surface area contributed by atoms with Crippen molar-refractivity contribution in [3.8, 4) is 0 Å². The second-order valence-corrected chi connectivity index (χ2v) is 2.79. The minimum atomic E-state index is -1.07. The molecule has 0 spiro atoms. The van der Waals surface area contributed by atoms with Gasteiger partial charge in [0.2, 0.25) is 0 Å². The smallest absolute Gasteiger partial charge is 0.107 e. The van der Waals surface area contributed by atoms with Crippen LogP contribution >= 0.6 is 0 Å². The molecule has 0 amide bonds. The van der Waals surface area contributed by atoms with Gasteiger partial charge >= 0.3 is 0 Å². The van der Waals surface area contributed by atoms with Gasteiger partial charge in [-0.2, -0.15) is 0 Å². The Balaban J connectivity index is 2.52. The van der Waals surface area contributed by atoms with Gasteiger partial charge in [0.25, 0.3) is 0 Å². The molecule has 0 bridgehead atoms. The van der Waals surface area contributed by atoms with E-state index in [1.807, 2.05) is 0 Å². The third kappa shape index (κ3) is 1.29. The molecule has 0 aromatic carbocycles. The lowest BCUT2D eigenvalue weighted by Crippen LogP contribution is -2.52. The lowest BCUT2D eigenvalue weighted by Gasteiger charge is -2.32. The average molecular weight is 147 g/mol. The fourth-order valence-electron chi connectivity index (χ4n) is 1.19. The zero-order chi connectivity index (χ0) is 7.72. The highest BCUT2D eigenvalue weighted by atomic mass is 16.4. The molecule has 0 heterocycles. The van der Waals surface area contributed by atoms with E-state index in [0.717, 1.165) is 0 Å². The molecule has 0 unspecified atom stereocenters. The van der Waals surface area contributed by atoms with Crippen LogP contribution in [0.3, 0.4) is 0 Å². The van der Waals surface area contributed by atoms with E-state index < -0.39 is 24.4 Å². The number of aliphatic hydroxyl groups excluding tert-OH is 3. The molecular formula is C6H13NO3. The third-order valence-electron chi connectivity index (χ3n) is 1.98. The van der Waals surface area contributed by atoms with E-state index in [4.69, 9.17) is 21.1 Å². The van der Waals surface area contributed by atoms with Crippen LogP contribution in [-0.2, 0) is 0 Å². The van der Waals surface area contributed by atoms with Gasteiger partial charge in [-0.05, 0) is 12.8 Å². The van der Waals surface area contributed by atoms with Gasteiger partial charge in [-0.3, -0.25) is 0 Å². The van der Waals surface area contributed by atoms with Crippen LogP contribution in [0.2, 0.25) is 0 Å². The molecule has 5 N–H and O–H groups in total. The fraction of sp³-hybridized carbons (Fsp3) is 1.00. The van der Waals surface area contributed by atoms with Crippen molar-refractivity contribution in [3.63, 3.8) is 0 Å². The summed E-state index contributed by atoms with van der Waals surface area (Å²) in [5.74, 6) is 0. The van der Waals surface area contributed by atoms with Crippen molar-refractivity contribution in [3.05, 3.63) is 0 Å². The maximum absolute atomic E-state index is 9.08. The SMILES string of the molecule is N[C@@H]1CC[C@@H](O)[C@@H](O)[C@@H]1O. The first-order valence-electron chi connectivity index (χ1n) is 3.42. The third-order valence-corrected chi connectivity index (χ3v) is 1.98. The van der Waals surface area contributed by atoms with E-state index in [2.05, 4.69) is 0 Å². The molecule has 4 nitrogen and oxygen atoms in total. The Morgan fingerprint density at radius 1 is 1.00 bits per heavy atom. The summed E-state index contributed by atoms with van der Waals surface area (Å²) in [6.07, 6.45) is -1.80. The first-order valence-corrected chi connectivity index (χ1v) is 3.42. The lowest BCUT2D eigenvalue weighted by molar-refractivity contribution is -0.0924. The highest BCUT2D eigenvalue weighted by molar-refractivity contribution is 4.89. The average Bonchev–Trinajstić information content (AvgIpc) is 1.93. The van der Waals surface area contributed by atoms with E-state index in [1.54, 1.807) is 0 Å². The summed E-state index contributed by atoms with van der Waals surface area (Å²) in [4.78, 5) is 0. The quantitative estimate of drug-likeness (QED) is 0.325. The van der Waals surface area contributed by atoms with Crippen LogP contribution in [0.5, 0.6) is 0 Å². The molecule has 1 fully saturated rings. The summed E-state index contributed by atoms with van der Waals surface area (Å²) in [5.41, 5.74) is 5.41. The number of aliphatic hydroxyl groups is 3. The molecule has 1 aliphatic rings. The zero-order valence-corrected chi connectivity index (χ0v) is 5.64. The highest BCUT2D eigenvalue weighted by Gasteiger charge is 2.34. The summed E-state index contributed by atoms with van der Waals surface area (Å²) in [5, 5.41) is 27.1. The van der Waals surface area contributed by atoms with E-state index in [0.29, 0.717) is 12.8 Å². The van der Waals surface area contributed by atoms with Crippen molar-refractivity contribution in [2.45, 2.75) is 37.2 Å². The minimum absolute atomic E-state index is 0.390. The Kier molecular flexibility index (Phi) is 2.25. The van der Waals surface area contributed by atoms with Crippen LogP contribution < -0.4 is 5.73 Å². The number of nitrogens with two attached hydrogens (primary N) is 1. The van der Waals surface area contributed by atoms with Gasteiger partial charge < -0.3 is 21.1 Å². The van der Waals surface area contributed by atoms with Crippen molar-refractivity contribution in [2.75, 3.05) is 0 Å². The van der Waals surface area contributed by atoms with Gasteiger partial charge in [0, 0.05) is 6.04 Å². The standard InChI is InChI=1S/C6H13NO3/c7-3-1-2-4(8)6(10)5(3)9/h3-6,8-10H,1-2,7H2/t3-,4-,5-,6-/m1/s1. The van der Waals surface area contributed by atoms with Crippen molar-refractivity contribution < 1.29 is 15.3 Å². The fourth-order valence-corrected chi connectivity index (χ4v) is 1.19. The van der Waals surface area contributed by atoms with Gasteiger partial charge in [-0.25, -0.2) is 0 Å². The first kappa shape index (κ1) is 7.94.